The molecule has 6 heteroatoms. The number of benzene rings is 2. The molecule has 0 spiro atoms. The highest BCUT2D eigenvalue weighted by atomic mass is 79.9. The van der Waals surface area contributed by atoms with E-state index in [9.17, 15) is 13.2 Å². The molecule has 0 bridgehead atoms. The van der Waals surface area contributed by atoms with E-state index in [0.717, 1.165) is 16.1 Å². The van der Waals surface area contributed by atoms with Gasteiger partial charge >= 0.3 is 6.18 Å². The topological polar surface area (TPSA) is 9.23 Å². The van der Waals surface area contributed by atoms with Gasteiger partial charge in [-0.15, -0.1) is 0 Å². The number of halogens is 5. The van der Waals surface area contributed by atoms with Gasteiger partial charge in [-0.25, -0.2) is 0 Å². The van der Waals surface area contributed by atoms with E-state index in [2.05, 4.69) is 31.9 Å². The summed E-state index contributed by atoms with van der Waals surface area (Å²) in [5, 5.41) is 0. The van der Waals surface area contributed by atoms with Gasteiger partial charge in [0.15, 0.2) is 0 Å². The highest BCUT2D eigenvalue weighted by Gasteiger charge is 2.34. The molecule has 0 saturated heterocycles. The second-order valence-corrected chi connectivity index (χ2v) is 5.92. The van der Waals surface area contributed by atoms with Crippen molar-refractivity contribution in [1.82, 2.24) is 0 Å². The molecule has 0 aliphatic heterocycles. The summed E-state index contributed by atoms with van der Waals surface area (Å²) in [7, 11) is 0. The normalized spacial score (nSPS) is 11.5. The van der Waals surface area contributed by atoms with Crippen LogP contribution in [0.4, 0.5) is 13.2 Å². The van der Waals surface area contributed by atoms with Gasteiger partial charge in [0.05, 0.1) is 5.56 Å². The second kappa shape index (κ2) is 5.77. The van der Waals surface area contributed by atoms with Crippen molar-refractivity contribution in [2.45, 2.75) is 13.1 Å². The first-order valence-electron chi connectivity index (χ1n) is 5.58. The van der Waals surface area contributed by atoms with E-state index in [0.29, 0.717) is 10.2 Å². The van der Waals surface area contributed by atoms with Crippen molar-refractivity contribution in [2.75, 3.05) is 0 Å². The van der Waals surface area contributed by atoms with Crippen LogP contribution < -0.4 is 4.74 Å². The van der Waals surface area contributed by atoms with Crippen LogP contribution in [0.3, 0.4) is 0 Å². The Hall–Kier alpha value is -1.01. The zero-order valence-corrected chi connectivity index (χ0v) is 13.4. The summed E-state index contributed by atoms with van der Waals surface area (Å²) >= 11 is 6.48. The molecule has 0 atom stereocenters. The lowest BCUT2D eigenvalue weighted by Crippen LogP contribution is -2.07. The predicted octanol–water partition coefficient (Wildman–Crippen LogP) is 6.33. The lowest BCUT2D eigenvalue weighted by Gasteiger charge is -2.14. The molecular weight excluding hydrogens is 401 g/mol. The first-order chi connectivity index (χ1) is 9.27. The van der Waals surface area contributed by atoms with Gasteiger partial charge in [0.25, 0.3) is 0 Å². The third-order valence-electron chi connectivity index (χ3n) is 2.61. The summed E-state index contributed by atoms with van der Waals surface area (Å²) in [6.07, 6.45) is -4.46. The van der Waals surface area contributed by atoms with E-state index in [1.54, 1.807) is 18.2 Å². The Kier molecular flexibility index (Phi) is 4.44. The number of ether oxygens (including phenoxy) is 1. The van der Waals surface area contributed by atoms with Crippen LogP contribution in [0.15, 0.2) is 45.3 Å². The van der Waals surface area contributed by atoms with Crippen LogP contribution in [0, 0.1) is 6.92 Å². The van der Waals surface area contributed by atoms with Crippen molar-refractivity contribution in [1.29, 1.82) is 0 Å². The Morgan fingerprint density at radius 2 is 1.70 bits per heavy atom. The number of alkyl halides is 3. The largest absolute Gasteiger partial charge is 0.457 e. The van der Waals surface area contributed by atoms with E-state index >= 15 is 0 Å². The molecule has 2 aromatic rings. The third-order valence-corrected chi connectivity index (χ3v) is 3.99. The van der Waals surface area contributed by atoms with Crippen LogP contribution in [0.5, 0.6) is 11.5 Å². The minimum atomic E-state index is -4.46. The van der Waals surface area contributed by atoms with Crippen LogP contribution in [0.1, 0.15) is 11.1 Å². The van der Waals surface area contributed by atoms with E-state index in [1.165, 1.54) is 12.1 Å². The molecule has 0 unspecified atom stereocenters. The smallest absolute Gasteiger partial charge is 0.419 e. The van der Waals surface area contributed by atoms with E-state index in [1.807, 2.05) is 6.92 Å². The predicted molar refractivity (Wildman–Crippen MR) is 78.1 cm³/mol. The van der Waals surface area contributed by atoms with Crippen LogP contribution in [0.25, 0.3) is 0 Å². The van der Waals surface area contributed by atoms with Gasteiger partial charge in [-0.2, -0.15) is 13.2 Å². The van der Waals surface area contributed by atoms with Crippen LogP contribution in [-0.2, 0) is 6.18 Å². The molecule has 1 nitrogen and oxygen atoms in total. The van der Waals surface area contributed by atoms with Crippen LogP contribution >= 0.6 is 31.9 Å². The van der Waals surface area contributed by atoms with E-state index < -0.39 is 11.7 Å². The first kappa shape index (κ1) is 15.4. The Bertz CT molecular complexity index is 639. The fourth-order valence-corrected chi connectivity index (χ4v) is 2.21. The van der Waals surface area contributed by atoms with Gasteiger partial charge in [-0.05, 0) is 48.9 Å². The highest BCUT2D eigenvalue weighted by Crippen LogP contribution is 2.39. The molecule has 0 radical (unpaired) electrons. The van der Waals surface area contributed by atoms with Crippen LogP contribution in [0.2, 0.25) is 0 Å². The average Bonchev–Trinajstić information content (AvgIpc) is 2.32. The summed E-state index contributed by atoms with van der Waals surface area (Å²) in [5.74, 6) is 0.128. The minimum Gasteiger partial charge on any atom is -0.457 e. The number of hydrogen-bond acceptors (Lipinski definition) is 1. The van der Waals surface area contributed by atoms with Crippen molar-refractivity contribution in [3.05, 3.63) is 56.5 Å². The molecule has 2 rings (SSSR count). The molecule has 0 aromatic heterocycles. The maximum atomic E-state index is 12.9. The quantitative estimate of drug-likeness (QED) is 0.563. The number of aryl methyl sites for hydroxylation is 1. The Balaban J connectivity index is 2.42. The van der Waals surface area contributed by atoms with Crippen molar-refractivity contribution in [2.24, 2.45) is 0 Å². The molecule has 2 aromatic carbocycles. The van der Waals surface area contributed by atoms with Gasteiger partial charge < -0.3 is 4.74 Å². The highest BCUT2D eigenvalue weighted by molar-refractivity contribution is 9.10. The molecule has 0 N–H and O–H groups in total. The molecule has 0 fully saturated rings. The van der Waals surface area contributed by atoms with Crippen molar-refractivity contribution in [3.8, 4) is 11.5 Å². The van der Waals surface area contributed by atoms with Gasteiger partial charge in [0, 0.05) is 8.95 Å². The Morgan fingerprint density at radius 3 is 2.30 bits per heavy atom. The van der Waals surface area contributed by atoms with E-state index in [4.69, 9.17) is 4.74 Å². The Labute approximate surface area is 131 Å². The monoisotopic (exact) mass is 408 g/mol. The molecule has 0 heterocycles. The standard InChI is InChI=1S/C14H9Br2F3O/c1-8-6-10(3-5-12(8)16)20-13-7-9(15)2-4-11(13)14(17,18)19/h2-7H,1H3. The van der Waals surface area contributed by atoms with Gasteiger partial charge in [0.1, 0.15) is 11.5 Å². The molecular formula is C14H9Br2F3O. The zero-order valence-electron chi connectivity index (χ0n) is 10.3. The molecule has 0 aliphatic carbocycles. The minimum absolute atomic E-state index is 0.228. The van der Waals surface area contributed by atoms with Crippen molar-refractivity contribution >= 4 is 31.9 Å². The molecule has 106 valence electrons. The number of hydrogen-bond donors (Lipinski definition) is 0. The van der Waals surface area contributed by atoms with Crippen molar-refractivity contribution in [3.63, 3.8) is 0 Å². The molecule has 0 aliphatic rings. The third kappa shape index (κ3) is 3.55. The maximum Gasteiger partial charge on any atom is 0.419 e. The SMILES string of the molecule is Cc1cc(Oc2cc(Br)ccc2C(F)(F)F)ccc1Br. The van der Waals surface area contributed by atoms with Gasteiger partial charge in [0.2, 0.25) is 0 Å². The summed E-state index contributed by atoms with van der Waals surface area (Å²) in [6.45, 7) is 1.84. The van der Waals surface area contributed by atoms with Crippen LogP contribution in [-0.4, -0.2) is 0 Å². The van der Waals surface area contributed by atoms with Crippen molar-refractivity contribution < 1.29 is 17.9 Å². The maximum absolute atomic E-state index is 12.9. The first-order valence-corrected chi connectivity index (χ1v) is 7.17. The molecule has 20 heavy (non-hydrogen) atoms. The van der Waals surface area contributed by atoms with Gasteiger partial charge in [-0.3, -0.25) is 0 Å². The second-order valence-electron chi connectivity index (χ2n) is 4.15. The fourth-order valence-electron chi connectivity index (χ4n) is 1.62. The Morgan fingerprint density at radius 1 is 1.00 bits per heavy atom. The lowest BCUT2D eigenvalue weighted by atomic mass is 10.2. The van der Waals surface area contributed by atoms with E-state index in [-0.39, 0.29) is 5.75 Å². The summed E-state index contributed by atoms with van der Waals surface area (Å²) in [6, 6.07) is 8.65. The molecule has 0 saturated carbocycles. The summed E-state index contributed by atoms with van der Waals surface area (Å²) in [4.78, 5) is 0. The summed E-state index contributed by atoms with van der Waals surface area (Å²) in [5.41, 5.74) is 0.0762. The summed E-state index contributed by atoms with van der Waals surface area (Å²) < 4.78 is 45.5. The molecule has 0 amide bonds. The number of rotatable bonds is 2. The van der Waals surface area contributed by atoms with Gasteiger partial charge in [-0.1, -0.05) is 31.9 Å². The average molecular weight is 410 g/mol. The fraction of sp³-hybridized carbons (Fsp3) is 0.143. The zero-order chi connectivity index (χ0) is 14.9. The lowest BCUT2D eigenvalue weighted by molar-refractivity contribution is -0.138.